The lowest BCUT2D eigenvalue weighted by molar-refractivity contribution is 0.174. The lowest BCUT2D eigenvalue weighted by Gasteiger charge is -2.34. The van der Waals surface area contributed by atoms with E-state index in [2.05, 4.69) is 59.9 Å². The number of aromatic amines is 1. The predicted octanol–water partition coefficient (Wildman–Crippen LogP) is 3.70. The Bertz CT molecular complexity index is 1040. The number of fused-ring (bicyclic) bond motifs is 2. The van der Waals surface area contributed by atoms with Crippen LogP contribution in [0, 0.1) is 6.92 Å². The average Bonchev–Trinajstić information content (AvgIpc) is 3.35. The van der Waals surface area contributed by atoms with Gasteiger partial charge in [-0.2, -0.15) is 0 Å². The number of aromatic nitrogens is 2. The number of H-pyrrole nitrogens is 1. The number of imidazole rings is 1. The maximum Gasteiger partial charge on any atom is 0.231 e. The quantitative estimate of drug-likeness (QED) is 0.734. The molecule has 1 saturated heterocycles. The molecule has 152 valence electrons. The molecule has 0 radical (unpaired) electrons. The molecule has 0 aliphatic carbocycles. The minimum absolute atomic E-state index is 0.286. The van der Waals surface area contributed by atoms with Crippen LogP contribution in [-0.2, 0) is 6.42 Å². The average molecular weight is 393 g/mol. The van der Waals surface area contributed by atoms with Crippen molar-refractivity contribution in [1.29, 1.82) is 0 Å². The number of anilines is 1. The first kappa shape index (κ1) is 18.3. The standard InChI is InChI=1S/C23H28N4O2/c1-15-11-18(27-8-6-26(3)7-9-27)13-19-22(15)25-23(24-19)16(2)10-17-4-5-20-21(12-17)29-14-28-20/h4-5,11-13,16H,6-10,14H2,1-3H3,(H,24,25). The Morgan fingerprint density at radius 1 is 1.07 bits per heavy atom. The number of hydrogen-bond donors (Lipinski definition) is 1. The summed E-state index contributed by atoms with van der Waals surface area (Å²) in [5, 5.41) is 0. The van der Waals surface area contributed by atoms with Gasteiger partial charge in [-0.05, 0) is 55.8 Å². The summed E-state index contributed by atoms with van der Waals surface area (Å²) in [5.41, 5.74) is 5.97. The smallest absolute Gasteiger partial charge is 0.231 e. The van der Waals surface area contributed by atoms with Gasteiger partial charge in [0.15, 0.2) is 11.5 Å². The van der Waals surface area contributed by atoms with Crippen LogP contribution in [0.25, 0.3) is 11.0 Å². The molecule has 6 nitrogen and oxygen atoms in total. The molecule has 2 aliphatic rings. The van der Waals surface area contributed by atoms with Crippen molar-refractivity contribution < 1.29 is 9.47 Å². The van der Waals surface area contributed by atoms with Crippen molar-refractivity contribution in [2.24, 2.45) is 0 Å². The molecule has 3 heterocycles. The summed E-state index contributed by atoms with van der Waals surface area (Å²) < 4.78 is 10.9. The van der Waals surface area contributed by atoms with Gasteiger partial charge in [0.2, 0.25) is 6.79 Å². The molecule has 2 aromatic carbocycles. The van der Waals surface area contributed by atoms with Crippen LogP contribution in [0.1, 0.15) is 29.8 Å². The Kier molecular flexibility index (Phi) is 4.59. The fraction of sp³-hybridized carbons (Fsp3) is 0.435. The van der Waals surface area contributed by atoms with Gasteiger partial charge < -0.3 is 24.3 Å². The van der Waals surface area contributed by atoms with Crippen molar-refractivity contribution in [3.63, 3.8) is 0 Å². The minimum Gasteiger partial charge on any atom is -0.454 e. The number of rotatable bonds is 4. The van der Waals surface area contributed by atoms with Crippen LogP contribution in [0.2, 0.25) is 0 Å². The first-order valence-corrected chi connectivity index (χ1v) is 10.4. The molecule has 29 heavy (non-hydrogen) atoms. The van der Waals surface area contributed by atoms with E-state index >= 15 is 0 Å². The van der Waals surface area contributed by atoms with Crippen molar-refractivity contribution in [2.75, 3.05) is 44.9 Å². The van der Waals surface area contributed by atoms with E-state index in [1.165, 1.54) is 16.8 Å². The number of nitrogens with one attached hydrogen (secondary N) is 1. The molecule has 0 bridgehead atoms. The van der Waals surface area contributed by atoms with Gasteiger partial charge in [0.1, 0.15) is 5.82 Å². The van der Waals surface area contributed by atoms with Gasteiger partial charge in [-0.3, -0.25) is 0 Å². The van der Waals surface area contributed by atoms with E-state index in [-0.39, 0.29) is 5.92 Å². The Balaban J connectivity index is 1.38. The normalized spacial score (nSPS) is 17.8. The highest BCUT2D eigenvalue weighted by Gasteiger charge is 2.19. The van der Waals surface area contributed by atoms with E-state index in [1.54, 1.807) is 0 Å². The SMILES string of the molecule is Cc1cc(N2CCN(C)CC2)cc2[nH]c(C(C)Cc3ccc4c(c3)OCO4)nc12. The highest BCUT2D eigenvalue weighted by molar-refractivity contribution is 5.83. The monoisotopic (exact) mass is 392 g/mol. The van der Waals surface area contributed by atoms with Crippen LogP contribution >= 0.6 is 0 Å². The molecule has 0 saturated carbocycles. The van der Waals surface area contributed by atoms with Crippen molar-refractivity contribution in [3.05, 3.63) is 47.3 Å². The summed E-state index contributed by atoms with van der Waals surface area (Å²) in [6, 6.07) is 10.7. The first-order valence-electron chi connectivity index (χ1n) is 10.4. The van der Waals surface area contributed by atoms with Gasteiger partial charge in [-0.15, -0.1) is 0 Å². The molecule has 5 rings (SSSR count). The molecular weight excluding hydrogens is 364 g/mol. The van der Waals surface area contributed by atoms with E-state index in [9.17, 15) is 0 Å². The van der Waals surface area contributed by atoms with Crippen molar-refractivity contribution in [1.82, 2.24) is 14.9 Å². The zero-order valence-electron chi connectivity index (χ0n) is 17.4. The highest BCUT2D eigenvalue weighted by Crippen LogP contribution is 2.34. The fourth-order valence-corrected chi connectivity index (χ4v) is 4.29. The lowest BCUT2D eigenvalue weighted by atomic mass is 10.0. The summed E-state index contributed by atoms with van der Waals surface area (Å²) >= 11 is 0. The maximum absolute atomic E-state index is 5.51. The third-order valence-corrected chi connectivity index (χ3v) is 6.09. The van der Waals surface area contributed by atoms with E-state index in [4.69, 9.17) is 14.5 Å². The summed E-state index contributed by atoms with van der Waals surface area (Å²) in [5.74, 6) is 3.00. The van der Waals surface area contributed by atoms with Crippen molar-refractivity contribution in [2.45, 2.75) is 26.2 Å². The van der Waals surface area contributed by atoms with Crippen LogP contribution in [0.4, 0.5) is 5.69 Å². The summed E-state index contributed by atoms with van der Waals surface area (Å²) in [4.78, 5) is 13.4. The second kappa shape index (κ2) is 7.26. The predicted molar refractivity (Wildman–Crippen MR) is 115 cm³/mol. The zero-order chi connectivity index (χ0) is 20.0. The van der Waals surface area contributed by atoms with E-state index < -0.39 is 0 Å². The molecule has 0 amide bonds. The van der Waals surface area contributed by atoms with Crippen LogP contribution in [-0.4, -0.2) is 54.9 Å². The Morgan fingerprint density at radius 3 is 2.69 bits per heavy atom. The number of benzene rings is 2. The Labute approximate surface area is 171 Å². The second-order valence-corrected chi connectivity index (χ2v) is 8.36. The van der Waals surface area contributed by atoms with E-state index in [0.29, 0.717) is 6.79 Å². The minimum atomic E-state index is 0.286. The molecular formula is C23H28N4O2. The van der Waals surface area contributed by atoms with Crippen molar-refractivity contribution >= 4 is 16.7 Å². The number of likely N-dealkylation sites (N-methyl/N-ethyl adjacent to an activating group) is 1. The van der Waals surface area contributed by atoms with Crippen LogP contribution in [0.3, 0.4) is 0 Å². The summed E-state index contributed by atoms with van der Waals surface area (Å²) in [6.45, 7) is 9.06. The van der Waals surface area contributed by atoms with Gasteiger partial charge in [0.05, 0.1) is 11.0 Å². The molecule has 1 unspecified atom stereocenters. The van der Waals surface area contributed by atoms with E-state index in [1.807, 2.05) is 6.07 Å². The van der Waals surface area contributed by atoms with Gasteiger partial charge in [0, 0.05) is 37.8 Å². The summed E-state index contributed by atoms with van der Waals surface area (Å²) in [6.07, 6.45) is 0.904. The van der Waals surface area contributed by atoms with Gasteiger partial charge in [-0.25, -0.2) is 4.98 Å². The van der Waals surface area contributed by atoms with Crippen molar-refractivity contribution in [3.8, 4) is 11.5 Å². The number of nitrogens with zero attached hydrogens (tertiary/aromatic N) is 3. The second-order valence-electron chi connectivity index (χ2n) is 8.36. The van der Waals surface area contributed by atoms with Crippen LogP contribution in [0.15, 0.2) is 30.3 Å². The Hall–Kier alpha value is -2.73. The Morgan fingerprint density at radius 2 is 1.86 bits per heavy atom. The molecule has 1 atom stereocenters. The molecule has 6 heteroatoms. The molecule has 1 N–H and O–H groups in total. The van der Waals surface area contributed by atoms with Crippen LogP contribution in [0.5, 0.6) is 11.5 Å². The number of ether oxygens (including phenoxy) is 2. The summed E-state index contributed by atoms with van der Waals surface area (Å²) in [7, 11) is 2.19. The van der Waals surface area contributed by atoms with Gasteiger partial charge >= 0.3 is 0 Å². The molecule has 1 fully saturated rings. The maximum atomic E-state index is 5.51. The van der Waals surface area contributed by atoms with Gasteiger partial charge in [-0.1, -0.05) is 13.0 Å². The number of hydrogen-bond acceptors (Lipinski definition) is 5. The molecule has 0 spiro atoms. The lowest BCUT2D eigenvalue weighted by Crippen LogP contribution is -2.44. The zero-order valence-corrected chi connectivity index (χ0v) is 17.4. The fourth-order valence-electron chi connectivity index (χ4n) is 4.29. The van der Waals surface area contributed by atoms with E-state index in [0.717, 1.165) is 61.0 Å². The van der Waals surface area contributed by atoms with Crippen LogP contribution < -0.4 is 14.4 Å². The number of aryl methyl sites for hydroxylation is 1. The molecule has 2 aliphatic heterocycles. The third-order valence-electron chi connectivity index (χ3n) is 6.09. The molecule has 3 aromatic rings. The topological polar surface area (TPSA) is 53.6 Å². The molecule has 1 aromatic heterocycles. The third kappa shape index (κ3) is 3.53. The number of piperazine rings is 1. The largest absolute Gasteiger partial charge is 0.454 e. The highest BCUT2D eigenvalue weighted by atomic mass is 16.7. The van der Waals surface area contributed by atoms with Gasteiger partial charge in [0.25, 0.3) is 0 Å². The first-order chi connectivity index (χ1) is 14.1.